The van der Waals surface area contributed by atoms with Crippen molar-refractivity contribution in [2.45, 2.75) is 76.3 Å². The minimum absolute atomic E-state index is 0.0133. The van der Waals surface area contributed by atoms with Crippen molar-refractivity contribution in [3.8, 4) is 17.0 Å². The second-order valence-electron chi connectivity index (χ2n) is 14.7. The van der Waals surface area contributed by atoms with Crippen molar-refractivity contribution in [3.63, 3.8) is 0 Å². The number of aliphatic carboxylic acids is 1. The number of halogens is 1. The number of hydrogen-bond donors (Lipinski definition) is 3. The molecule has 0 unspecified atom stereocenters. The molecule has 0 radical (unpaired) electrons. The number of para-hydroxylation sites is 1. The maximum Gasteiger partial charge on any atom is 0.306 e. The number of anilines is 3. The van der Waals surface area contributed by atoms with Gasteiger partial charge in [0.25, 0.3) is 0 Å². The SMILES string of the molecule is CC[C@H]1[C@H](N2CCC(c3cnc(N4CCN5c6cc(-c7cccc(Cl)c7O)nnc6NC[C@@H]5C4)nc3)CC2)CC12CCC(C(=O)O)CC2. The number of hydrogen-bond acceptors (Lipinski definition) is 10. The summed E-state index contributed by atoms with van der Waals surface area (Å²) in [5, 5.41) is 32.5. The zero-order chi connectivity index (χ0) is 33.0. The normalized spacial score (nSPS) is 29.1. The van der Waals surface area contributed by atoms with Gasteiger partial charge in [-0.15, -0.1) is 10.2 Å². The lowest BCUT2D eigenvalue weighted by Gasteiger charge is -2.61. The first-order valence-electron chi connectivity index (χ1n) is 17.7. The van der Waals surface area contributed by atoms with Gasteiger partial charge in [-0.1, -0.05) is 31.0 Å². The van der Waals surface area contributed by atoms with Gasteiger partial charge in [0.15, 0.2) is 5.82 Å². The largest absolute Gasteiger partial charge is 0.506 e. The molecule has 254 valence electrons. The molecule has 5 aliphatic rings. The number of nitrogens with zero attached hydrogens (tertiary/aromatic N) is 7. The number of fused-ring (bicyclic) bond motifs is 3. The molecule has 3 aliphatic heterocycles. The molecule has 0 amide bonds. The third-order valence-electron chi connectivity index (χ3n) is 12.4. The topological polar surface area (TPSA) is 131 Å². The molecule has 0 bridgehead atoms. The molecule has 2 saturated carbocycles. The third kappa shape index (κ3) is 5.52. The van der Waals surface area contributed by atoms with Gasteiger partial charge in [-0.25, -0.2) is 9.97 Å². The van der Waals surface area contributed by atoms with Crippen molar-refractivity contribution < 1.29 is 15.0 Å². The molecule has 3 atom stereocenters. The first-order chi connectivity index (χ1) is 23.3. The Labute approximate surface area is 286 Å². The summed E-state index contributed by atoms with van der Waals surface area (Å²) in [5.74, 6) is 1.99. The standard InChI is InChI=1S/C36H45ClN8O3/c1-2-27-31(17-36(27)10-6-23(7-11-36)34(47)48)43-12-8-22(9-13-43)24-18-39-35(40-19-24)44-14-15-45-25(21-44)20-38-33-30(45)16-29(41-42-33)26-4-3-5-28(37)32(26)46/h3-5,16,18-19,22-23,25,27,31,46H,2,6-15,17,20-21H2,1H3,(H,38,42)(H,47,48)/t23?,25-,27+,31-,36?/m1/s1. The summed E-state index contributed by atoms with van der Waals surface area (Å²) in [6.45, 7) is 7.70. The number of phenols is 1. The highest BCUT2D eigenvalue weighted by molar-refractivity contribution is 6.32. The smallest absolute Gasteiger partial charge is 0.306 e. The van der Waals surface area contributed by atoms with Crippen LogP contribution in [0.4, 0.5) is 17.5 Å². The molecule has 3 aromatic rings. The Hall–Kier alpha value is -3.70. The van der Waals surface area contributed by atoms with Gasteiger partial charge in [0.2, 0.25) is 5.95 Å². The van der Waals surface area contributed by atoms with E-state index in [4.69, 9.17) is 21.6 Å². The number of aromatic nitrogens is 4. The molecule has 12 heteroatoms. The Bertz CT molecular complexity index is 1660. The number of benzene rings is 1. The average Bonchev–Trinajstić information content (AvgIpc) is 3.12. The van der Waals surface area contributed by atoms with Gasteiger partial charge in [0.05, 0.1) is 28.4 Å². The molecular weight excluding hydrogens is 628 g/mol. The molecule has 3 N–H and O–H groups in total. The van der Waals surface area contributed by atoms with Gasteiger partial charge in [0, 0.05) is 50.2 Å². The van der Waals surface area contributed by atoms with Crippen LogP contribution < -0.4 is 15.1 Å². The summed E-state index contributed by atoms with van der Waals surface area (Å²) >= 11 is 6.16. The average molecular weight is 673 g/mol. The fraction of sp³-hybridized carbons (Fsp3) is 0.583. The molecule has 1 spiro atoms. The zero-order valence-electron chi connectivity index (χ0n) is 27.6. The highest BCUT2D eigenvalue weighted by Crippen LogP contribution is 2.60. The van der Waals surface area contributed by atoms with Crippen LogP contribution >= 0.6 is 11.6 Å². The van der Waals surface area contributed by atoms with E-state index in [9.17, 15) is 15.0 Å². The number of piperidine rings is 1. The van der Waals surface area contributed by atoms with E-state index < -0.39 is 5.97 Å². The van der Waals surface area contributed by atoms with Gasteiger partial charge in [-0.3, -0.25) is 4.79 Å². The van der Waals surface area contributed by atoms with Gasteiger partial charge < -0.3 is 30.2 Å². The van der Waals surface area contributed by atoms with E-state index in [0.29, 0.717) is 39.6 Å². The summed E-state index contributed by atoms with van der Waals surface area (Å²) in [4.78, 5) is 28.6. The second-order valence-corrected chi connectivity index (χ2v) is 15.1. The number of carboxylic acids is 1. The molecule has 5 heterocycles. The third-order valence-corrected chi connectivity index (χ3v) is 12.7. The maximum atomic E-state index is 11.5. The van der Waals surface area contributed by atoms with Crippen LogP contribution in [0.1, 0.15) is 69.8 Å². The van der Waals surface area contributed by atoms with Crippen molar-refractivity contribution in [1.82, 2.24) is 25.1 Å². The van der Waals surface area contributed by atoms with Crippen molar-refractivity contribution in [1.29, 1.82) is 0 Å². The second kappa shape index (κ2) is 12.6. The molecule has 48 heavy (non-hydrogen) atoms. The minimum atomic E-state index is -0.605. The van der Waals surface area contributed by atoms with Gasteiger partial charge in [-0.2, -0.15) is 0 Å². The number of carboxylic acid groups (broad SMARTS) is 1. The first kappa shape index (κ1) is 31.6. The molecule has 11 nitrogen and oxygen atoms in total. The maximum absolute atomic E-state index is 11.5. The highest BCUT2D eigenvalue weighted by atomic mass is 35.5. The predicted octanol–water partition coefficient (Wildman–Crippen LogP) is 5.65. The molecule has 4 fully saturated rings. The van der Waals surface area contributed by atoms with Gasteiger partial charge in [-0.05, 0) is 99.0 Å². The van der Waals surface area contributed by atoms with Crippen molar-refractivity contribution in [2.75, 3.05) is 54.4 Å². The van der Waals surface area contributed by atoms with Crippen LogP contribution in [0.15, 0.2) is 36.7 Å². The van der Waals surface area contributed by atoms with Gasteiger partial charge >= 0.3 is 5.97 Å². The first-order valence-corrected chi connectivity index (χ1v) is 18.1. The lowest BCUT2D eigenvalue weighted by Crippen LogP contribution is -2.61. The number of carbonyl (C=O) groups is 1. The molecule has 2 aromatic heterocycles. The summed E-state index contributed by atoms with van der Waals surface area (Å²) in [6.07, 6.45) is 12.7. The monoisotopic (exact) mass is 672 g/mol. The lowest BCUT2D eigenvalue weighted by atomic mass is 9.49. The van der Waals surface area contributed by atoms with Gasteiger partial charge in [0.1, 0.15) is 5.75 Å². The van der Waals surface area contributed by atoms with Crippen molar-refractivity contribution >= 4 is 35.0 Å². The number of piperazine rings is 1. The van der Waals surface area contributed by atoms with E-state index in [2.05, 4.69) is 49.5 Å². The number of nitrogens with one attached hydrogen (secondary N) is 1. The zero-order valence-corrected chi connectivity index (χ0v) is 28.3. The number of rotatable bonds is 6. The number of aromatic hydroxyl groups is 1. The summed E-state index contributed by atoms with van der Waals surface area (Å²) in [6, 6.07) is 8.11. The Kier molecular flexibility index (Phi) is 8.31. The van der Waals surface area contributed by atoms with E-state index in [0.717, 1.165) is 95.2 Å². The van der Waals surface area contributed by atoms with Crippen LogP contribution in [0.25, 0.3) is 11.3 Å². The number of phenolic OH excluding ortho intramolecular Hbond substituents is 1. The Morgan fingerprint density at radius 2 is 1.83 bits per heavy atom. The molecular formula is C36H45ClN8O3. The van der Waals surface area contributed by atoms with E-state index in [-0.39, 0.29) is 17.7 Å². The number of likely N-dealkylation sites (tertiary alicyclic amines) is 1. The fourth-order valence-corrected chi connectivity index (χ4v) is 9.83. The Morgan fingerprint density at radius 3 is 2.56 bits per heavy atom. The van der Waals surface area contributed by atoms with Crippen LogP contribution in [0.3, 0.4) is 0 Å². The molecule has 2 aliphatic carbocycles. The van der Waals surface area contributed by atoms with Crippen LogP contribution in [0.2, 0.25) is 5.02 Å². The molecule has 1 aromatic carbocycles. The fourth-order valence-electron chi connectivity index (χ4n) is 9.65. The highest BCUT2D eigenvalue weighted by Gasteiger charge is 2.55. The van der Waals surface area contributed by atoms with Crippen LogP contribution in [-0.4, -0.2) is 92.6 Å². The van der Waals surface area contributed by atoms with Crippen LogP contribution in [0, 0.1) is 17.3 Å². The molecule has 8 rings (SSSR count). The molecule has 2 saturated heterocycles. The lowest BCUT2D eigenvalue weighted by molar-refractivity contribution is -0.149. The Morgan fingerprint density at radius 1 is 1.06 bits per heavy atom. The Balaban J connectivity index is 0.867. The quantitative estimate of drug-likeness (QED) is 0.300. The van der Waals surface area contributed by atoms with E-state index >= 15 is 0 Å². The van der Waals surface area contributed by atoms with Crippen molar-refractivity contribution in [3.05, 3.63) is 47.2 Å². The van der Waals surface area contributed by atoms with Crippen LogP contribution in [0.5, 0.6) is 5.75 Å². The van der Waals surface area contributed by atoms with Crippen LogP contribution in [-0.2, 0) is 4.79 Å². The summed E-state index contributed by atoms with van der Waals surface area (Å²) in [5.41, 5.74) is 3.75. The van der Waals surface area contributed by atoms with E-state index in [1.807, 2.05) is 6.07 Å². The summed E-state index contributed by atoms with van der Waals surface area (Å²) < 4.78 is 0. The predicted molar refractivity (Wildman–Crippen MR) is 186 cm³/mol. The minimum Gasteiger partial charge on any atom is -0.506 e. The summed E-state index contributed by atoms with van der Waals surface area (Å²) in [7, 11) is 0. The van der Waals surface area contributed by atoms with Crippen molar-refractivity contribution in [2.24, 2.45) is 17.3 Å². The van der Waals surface area contributed by atoms with E-state index in [1.54, 1.807) is 18.2 Å². The van der Waals surface area contributed by atoms with E-state index in [1.165, 1.54) is 18.4 Å².